The first-order valence-electron chi connectivity index (χ1n) is 14.2. The van der Waals surface area contributed by atoms with Crippen molar-refractivity contribution in [3.8, 4) is 34.2 Å². The Balaban J connectivity index is 1.30. The normalized spacial score (nSPS) is 11.3. The third kappa shape index (κ3) is 7.81. The van der Waals surface area contributed by atoms with Crippen LogP contribution in [0.4, 0.5) is 23.2 Å². The van der Waals surface area contributed by atoms with Crippen molar-refractivity contribution in [2.24, 2.45) is 0 Å². The van der Waals surface area contributed by atoms with E-state index in [2.05, 4.69) is 15.4 Å². The molecule has 0 unspecified atom stereocenters. The van der Waals surface area contributed by atoms with Crippen LogP contribution >= 0.6 is 0 Å². The Kier molecular flexibility index (Phi) is 9.55. The second-order valence-electron chi connectivity index (χ2n) is 10.4. The molecule has 0 bridgehead atoms. The summed E-state index contributed by atoms with van der Waals surface area (Å²) < 4.78 is 74.0. The van der Waals surface area contributed by atoms with E-state index in [-0.39, 0.29) is 29.4 Å². The van der Waals surface area contributed by atoms with E-state index in [0.29, 0.717) is 23.5 Å². The number of anilines is 1. The Labute approximate surface area is 262 Å². The predicted octanol–water partition coefficient (Wildman–Crippen LogP) is 7.57. The maximum absolute atomic E-state index is 15.2. The molecule has 238 valence electrons. The molecular weight excluding hydrogens is 604 g/mol. The van der Waals surface area contributed by atoms with Crippen molar-refractivity contribution in [1.82, 2.24) is 14.8 Å². The summed E-state index contributed by atoms with van der Waals surface area (Å²) in [6.07, 6.45) is -0.464. The number of aryl methyl sites for hydroxylation is 1. The molecule has 5 aromatic rings. The van der Waals surface area contributed by atoms with Gasteiger partial charge in [0.1, 0.15) is 18.2 Å². The highest BCUT2D eigenvalue weighted by atomic mass is 19.4. The van der Waals surface area contributed by atoms with Gasteiger partial charge in [0.2, 0.25) is 5.91 Å². The van der Waals surface area contributed by atoms with E-state index >= 15 is 4.39 Å². The Bertz CT molecular complexity index is 1840. The molecule has 0 aliphatic heterocycles. The molecule has 5 rings (SSSR count). The molecule has 0 aliphatic carbocycles. The fourth-order valence-corrected chi connectivity index (χ4v) is 4.61. The minimum absolute atomic E-state index is 0.0635. The number of ether oxygens (including phenoxy) is 3. The van der Waals surface area contributed by atoms with Crippen molar-refractivity contribution in [3.63, 3.8) is 0 Å². The maximum Gasteiger partial charge on any atom is 0.416 e. The summed E-state index contributed by atoms with van der Waals surface area (Å²) in [6.45, 7) is 4.16. The molecule has 0 atom stereocenters. The van der Waals surface area contributed by atoms with Crippen molar-refractivity contribution in [3.05, 3.63) is 113 Å². The van der Waals surface area contributed by atoms with Crippen LogP contribution in [0.1, 0.15) is 29.2 Å². The zero-order chi connectivity index (χ0) is 32.8. The molecule has 0 radical (unpaired) electrons. The van der Waals surface area contributed by atoms with Gasteiger partial charge in [-0.1, -0.05) is 24.3 Å². The standard InChI is InChI=1S/C34H30F4N4O4/c1-4-45-31-12-25(18-39-33(31)46-20-22-5-9-29(44-3)10-6-22)23-7-8-24(30(35)11-23)13-32(43)41-27-14-26(34(36,37)38)15-28(16-27)42-19-21(2)17-40-42/h5-12,14-19H,4,13,20H2,1-3H3,(H,41,43). The average molecular weight is 635 g/mol. The van der Waals surface area contributed by atoms with Crippen molar-refractivity contribution in [2.75, 3.05) is 19.0 Å². The molecule has 12 heteroatoms. The first-order chi connectivity index (χ1) is 22.0. The SMILES string of the molecule is CCOc1cc(-c2ccc(CC(=O)Nc3cc(-n4cc(C)cn4)cc(C(F)(F)F)c3)c(F)c2)cnc1OCc1ccc(OC)cc1. The Hall–Kier alpha value is -5.39. The van der Waals surface area contributed by atoms with E-state index in [1.807, 2.05) is 31.2 Å². The lowest BCUT2D eigenvalue weighted by molar-refractivity contribution is -0.137. The number of methoxy groups -OCH3 is 1. The summed E-state index contributed by atoms with van der Waals surface area (Å²) in [5.74, 6) is 0.0269. The molecule has 8 nitrogen and oxygen atoms in total. The first kappa shape index (κ1) is 32.0. The molecule has 0 fully saturated rings. The van der Waals surface area contributed by atoms with Crippen LogP contribution in [0.15, 0.2) is 85.3 Å². The van der Waals surface area contributed by atoms with E-state index in [4.69, 9.17) is 14.2 Å². The number of pyridine rings is 1. The lowest BCUT2D eigenvalue weighted by Crippen LogP contribution is -2.16. The molecular formula is C34H30F4N4O4. The number of halogens is 4. The van der Waals surface area contributed by atoms with Gasteiger partial charge in [-0.2, -0.15) is 18.3 Å². The Morgan fingerprint density at radius 1 is 0.957 bits per heavy atom. The molecule has 3 aromatic carbocycles. The van der Waals surface area contributed by atoms with Crippen LogP contribution in [0.25, 0.3) is 16.8 Å². The van der Waals surface area contributed by atoms with Crippen LogP contribution in [0.2, 0.25) is 0 Å². The average Bonchev–Trinajstić information content (AvgIpc) is 3.47. The number of carbonyl (C=O) groups is 1. The number of amides is 1. The van der Waals surface area contributed by atoms with Crippen molar-refractivity contribution >= 4 is 11.6 Å². The fraction of sp³-hybridized carbons (Fsp3) is 0.206. The second-order valence-corrected chi connectivity index (χ2v) is 10.4. The molecule has 46 heavy (non-hydrogen) atoms. The van der Waals surface area contributed by atoms with E-state index in [9.17, 15) is 18.0 Å². The molecule has 0 aliphatic rings. The molecule has 2 heterocycles. The fourth-order valence-electron chi connectivity index (χ4n) is 4.61. The quantitative estimate of drug-likeness (QED) is 0.151. The highest BCUT2D eigenvalue weighted by Crippen LogP contribution is 2.34. The van der Waals surface area contributed by atoms with E-state index in [1.54, 1.807) is 32.4 Å². The first-order valence-corrected chi connectivity index (χ1v) is 14.2. The predicted molar refractivity (Wildman–Crippen MR) is 164 cm³/mol. The number of nitrogens with one attached hydrogen (secondary N) is 1. The van der Waals surface area contributed by atoms with Crippen LogP contribution in [-0.2, 0) is 24.0 Å². The van der Waals surface area contributed by atoms with Gasteiger partial charge in [0.15, 0.2) is 5.75 Å². The summed E-state index contributed by atoms with van der Waals surface area (Å²) in [7, 11) is 1.59. The Morgan fingerprint density at radius 2 is 1.74 bits per heavy atom. The van der Waals surface area contributed by atoms with Gasteiger partial charge in [-0.05, 0) is 78.6 Å². The third-order valence-electron chi connectivity index (χ3n) is 6.90. The van der Waals surface area contributed by atoms with Crippen LogP contribution in [-0.4, -0.2) is 34.4 Å². The lowest BCUT2D eigenvalue weighted by Gasteiger charge is -2.14. The van der Waals surface area contributed by atoms with E-state index in [1.165, 1.54) is 35.3 Å². The number of hydrogen-bond acceptors (Lipinski definition) is 6. The summed E-state index contributed by atoms with van der Waals surface area (Å²) in [4.78, 5) is 17.2. The molecule has 0 saturated carbocycles. The zero-order valence-electron chi connectivity index (χ0n) is 25.2. The zero-order valence-corrected chi connectivity index (χ0v) is 25.2. The van der Waals surface area contributed by atoms with Gasteiger partial charge in [-0.25, -0.2) is 14.1 Å². The van der Waals surface area contributed by atoms with Gasteiger partial charge >= 0.3 is 6.18 Å². The smallest absolute Gasteiger partial charge is 0.416 e. The monoisotopic (exact) mass is 634 g/mol. The van der Waals surface area contributed by atoms with Crippen LogP contribution in [0.5, 0.6) is 17.4 Å². The van der Waals surface area contributed by atoms with Gasteiger partial charge < -0.3 is 19.5 Å². The molecule has 1 amide bonds. The number of carbonyl (C=O) groups excluding carboxylic acids is 1. The molecule has 2 aromatic heterocycles. The minimum Gasteiger partial charge on any atom is -0.497 e. The van der Waals surface area contributed by atoms with Crippen molar-refractivity contribution < 1.29 is 36.6 Å². The topological polar surface area (TPSA) is 87.5 Å². The number of rotatable bonds is 11. The largest absolute Gasteiger partial charge is 0.497 e. The van der Waals surface area contributed by atoms with Crippen LogP contribution < -0.4 is 19.5 Å². The number of aromatic nitrogens is 3. The van der Waals surface area contributed by atoms with Crippen molar-refractivity contribution in [1.29, 1.82) is 0 Å². The van der Waals surface area contributed by atoms with Crippen LogP contribution in [0.3, 0.4) is 0 Å². The highest BCUT2D eigenvalue weighted by Gasteiger charge is 2.31. The van der Waals surface area contributed by atoms with Gasteiger partial charge in [-0.15, -0.1) is 0 Å². The summed E-state index contributed by atoms with van der Waals surface area (Å²) in [6, 6.07) is 16.5. The molecule has 0 saturated heterocycles. The van der Waals surface area contributed by atoms with Crippen molar-refractivity contribution in [2.45, 2.75) is 33.1 Å². The molecule has 0 spiro atoms. The van der Waals surface area contributed by atoms with E-state index in [0.717, 1.165) is 29.0 Å². The maximum atomic E-state index is 15.2. The number of nitrogens with zero attached hydrogens (tertiary/aromatic N) is 3. The summed E-state index contributed by atoms with van der Waals surface area (Å²) in [5.41, 5.74) is 1.82. The van der Waals surface area contributed by atoms with Gasteiger partial charge in [-0.3, -0.25) is 4.79 Å². The Morgan fingerprint density at radius 3 is 2.39 bits per heavy atom. The van der Waals surface area contributed by atoms with Gasteiger partial charge in [0, 0.05) is 23.6 Å². The third-order valence-corrected chi connectivity index (χ3v) is 6.90. The molecule has 1 N–H and O–H groups in total. The highest BCUT2D eigenvalue weighted by molar-refractivity contribution is 5.92. The number of alkyl halides is 3. The summed E-state index contributed by atoms with van der Waals surface area (Å²) >= 11 is 0. The number of hydrogen-bond donors (Lipinski definition) is 1. The second kappa shape index (κ2) is 13.7. The van der Waals surface area contributed by atoms with Gasteiger partial charge in [0.25, 0.3) is 5.88 Å². The van der Waals surface area contributed by atoms with E-state index < -0.39 is 29.9 Å². The van der Waals surface area contributed by atoms with Crippen LogP contribution in [0, 0.1) is 12.7 Å². The van der Waals surface area contributed by atoms with Gasteiger partial charge in [0.05, 0.1) is 37.6 Å². The number of benzene rings is 3. The minimum atomic E-state index is -4.66. The summed E-state index contributed by atoms with van der Waals surface area (Å²) in [5, 5.41) is 6.51. The lowest BCUT2D eigenvalue weighted by atomic mass is 10.0.